The SMILES string of the molecule is NNC(=O)c1ccc(F)c(CSc2ccncn2)c1. The van der Waals surface area contributed by atoms with Gasteiger partial charge in [0.1, 0.15) is 12.1 Å². The number of rotatable bonds is 4. The number of nitrogens with one attached hydrogen (secondary N) is 1. The second kappa shape index (κ2) is 6.26. The lowest BCUT2D eigenvalue weighted by molar-refractivity contribution is 0.0953. The molecule has 5 nitrogen and oxygen atoms in total. The summed E-state index contributed by atoms with van der Waals surface area (Å²) >= 11 is 1.36. The lowest BCUT2D eigenvalue weighted by Crippen LogP contribution is -2.30. The quantitative estimate of drug-likeness (QED) is 0.291. The minimum Gasteiger partial charge on any atom is -0.290 e. The molecule has 2 rings (SSSR count). The van der Waals surface area contributed by atoms with Gasteiger partial charge in [-0.05, 0) is 29.8 Å². The van der Waals surface area contributed by atoms with Crippen LogP contribution in [0.5, 0.6) is 0 Å². The number of carbonyl (C=O) groups excluding carboxylic acids is 1. The molecule has 2 aromatic rings. The number of benzene rings is 1. The van der Waals surface area contributed by atoms with E-state index in [0.29, 0.717) is 16.9 Å². The van der Waals surface area contributed by atoms with Gasteiger partial charge >= 0.3 is 0 Å². The van der Waals surface area contributed by atoms with Crippen molar-refractivity contribution in [3.05, 3.63) is 53.7 Å². The molecular weight excluding hydrogens is 267 g/mol. The molecule has 0 radical (unpaired) electrons. The summed E-state index contributed by atoms with van der Waals surface area (Å²) in [5, 5.41) is 0.739. The first-order valence-corrected chi connectivity index (χ1v) is 6.37. The Morgan fingerprint density at radius 1 is 1.42 bits per heavy atom. The highest BCUT2D eigenvalue weighted by atomic mass is 32.2. The van der Waals surface area contributed by atoms with Gasteiger partial charge in [-0.15, -0.1) is 11.8 Å². The Kier molecular flexibility index (Phi) is 4.43. The van der Waals surface area contributed by atoms with Crippen molar-refractivity contribution in [2.75, 3.05) is 0 Å². The topological polar surface area (TPSA) is 80.9 Å². The fourth-order valence-corrected chi connectivity index (χ4v) is 2.23. The van der Waals surface area contributed by atoms with Gasteiger partial charge in [-0.1, -0.05) is 0 Å². The summed E-state index contributed by atoms with van der Waals surface area (Å²) in [4.78, 5) is 19.2. The predicted molar refractivity (Wildman–Crippen MR) is 69.6 cm³/mol. The van der Waals surface area contributed by atoms with Crippen molar-refractivity contribution >= 4 is 17.7 Å². The number of amides is 1. The number of nitrogen functional groups attached to an aromatic ring is 1. The molecule has 0 fully saturated rings. The van der Waals surface area contributed by atoms with Crippen LogP contribution in [0, 0.1) is 5.82 Å². The van der Waals surface area contributed by atoms with E-state index < -0.39 is 5.91 Å². The zero-order valence-corrected chi connectivity index (χ0v) is 10.7. The third kappa shape index (κ3) is 3.49. The minimum absolute atomic E-state index is 0.321. The molecule has 0 aliphatic carbocycles. The first-order valence-electron chi connectivity index (χ1n) is 5.39. The van der Waals surface area contributed by atoms with Gasteiger partial charge in [0.2, 0.25) is 0 Å². The molecule has 0 aliphatic rings. The summed E-state index contributed by atoms with van der Waals surface area (Å²) in [6.07, 6.45) is 3.04. The molecule has 3 N–H and O–H groups in total. The molecule has 0 saturated carbocycles. The number of hydrazine groups is 1. The number of hydrogen-bond acceptors (Lipinski definition) is 5. The van der Waals surface area contributed by atoms with Gasteiger partial charge < -0.3 is 0 Å². The van der Waals surface area contributed by atoms with Crippen LogP contribution >= 0.6 is 11.8 Å². The molecule has 0 aliphatic heterocycles. The monoisotopic (exact) mass is 278 g/mol. The lowest BCUT2D eigenvalue weighted by Gasteiger charge is -2.05. The molecule has 0 spiro atoms. The number of nitrogens with two attached hydrogens (primary N) is 1. The third-order valence-corrected chi connectivity index (χ3v) is 3.36. The predicted octanol–water partition coefficient (Wildman–Crippen LogP) is 1.51. The van der Waals surface area contributed by atoms with E-state index >= 15 is 0 Å². The Bertz CT molecular complexity index is 579. The molecule has 0 atom stereocenters. The molecule has 0 saturated heterocycles. The van der Waals surface area contributed by atoms with Gasteiger partial charge in [-0.2, -0.15) is 0 Å². The highest BCUT2D eigenvalue weighted by Crippen LogP contribution is 2.22. The first kappa shape index (κ1) is 13.4. The number of hydrogen-bond donors (Lipinski definition) is 2. The van der Waals surface area contributed by atoms with Crippen molar-refractivity contribution in [1.29, 1.82) is 0 Å². The maximum Gasteiger partial charge on any atom is 0.265 e. The maximum absolute atomic E-state index is 13.6. The van der Waals surface area contributed by atoms with E-state index in [0.717, 1.165) is 5.03 Å². The van der Waals surface area contributed by atoms with E-state index in [2.05, 4.69) is 9.97 Å². The van der Waals surface area contributed by atoms with Gasteiger partial charge in [-0.25, -0.2) is 20.2 Å². The van der Waals surface area contributed by atoms with Crippen molar-refractivity contribution in [3.8, 4) is 0 Å². The summed E-state index contributed by atoms with van der Waals surface area (Å²) < 4.78 is 13.6. The van der Waals surface area contributed by atoms with E-state index in [1.54, 1.807) is 12.3 Å². The lowest BCUT2D eigenvalue weighted by atomic mass is 10.1. The van der Waals surface area contributed by atoms with Gasteiger partial charge in [0.25, 0.3) is 5.91 Å². The van der Waals surface area contributed by atoms with Crippen LogP contribution in [-0.2, 0) is 5.75 Å². The molecule has 1 amide bonds. The number of thioether (sulfide) groups is 1. The smallest absolute Gasteiger partial charge is 0.265 e. The molecule has 0 unspecified atom stereocenters. The van der Waals surface area contributed by atoms with E-state index in [9.17, 15) is 9.18 Å². The molecule has 1 aromatic carbocycles. The van der Waals surface area contributed by atoms with E-state index in [4.69, 9.17) is 5.84 Å². The van der Waals surface area contributed by atoms with Gasteiger partial charge in [0.15, 0.2) is 0 Å². The molecular formula is C12H11FN4OS. The van der Waals surface area contributed by atoms with Crippen LogP contribution in [0.4, 0.5) is 4.39 Å². The summed E-state index contributed by atoms with van der Waals surface area (Å²) in [6.45, 7) is 0. The van der Waals surface area contributed by atoms with Crippen molar-refractivity contribution in [2.45, 2.75) is 10.8 Å². The fourth-order valence-electron chi connectivity index (χ4n) is 1.43. The standard InChI is InChI=1S/C12H11FN4OS/c13-10-2-1-8(12(18)17-14)5-9(10)6-19-11-3-4-15-7-16-11/h1-5,7H,6,14H2,(H,17,18). The Hall–Kier alpha value is -1.99. The Labute approximate surface area is 113 Å². The zero-order chi connectivity index (χ0) is 13.7. The number of nitrogens with zero attached hydrogens (tertiary/aromatic N) is 2. The third-order valence-electron chi connectivity index (χ3n) is 2.37. The maximum atomic E-state index is 13.6. The van der Waals surface area contributed by atoms with Crippen LogP contribution in [-0.4, -0.2) is 15.9 Å². The second-order valence-electron chi connectivity index (χ2n) is 3.62. The summed E-state index contributed by atoms with van der Waals surface area (Å²) in [5.74, 6) is 4.60. The minimum atomic E-state index is -0.451. The normalized spacial score (nSPS) is 10.2. The van der Waals surface area contributed by atoms with Crippen LogP contribution in [0.1, 0.15) is 15.9 Å². The van der Waals surface area contributed by atoms with Gasteiger partial charge in [0.05, 0.1) is 5.03 Å². The zero-order valence-electron chi connectivity index (χ0n) is 9.84. The second-order valence-corrected chi connectivity index (χ2v) is 4.61. The number of halogens is 1. The van der Waals surface area contributed by atoms with E-state index in [1.807, 2.05) is 5.43 Å². The van der Waals surface area contributed by atoms with Crippen molar-refractivity contribution in [2.24, 2.45) is 5.84 Å². The van der Waals surface area contributed by atoms with Crippen molar-refractivity contribution < 1.29 is 9.18 Å². The molecule has 0 bridgehead atoms. The summed E-state index contributed by atoms with van der Waals surface area (Å²) in [7, 11) is 0. The molecule has 98 valence electrons. The van der Waals surface area contributed by atoms with Gasteiger partial charge in [-0.3, -0.25) is 10.2 Å². The molecule has 1 aromatic heterocycles. The molecule has 1 heterocycles. The van der Waals surface area contributed by atoms with Crippen molar-refractivity contribution in [3.63, 3.8) is 0 Å². The van der Waals surface area contributed by atoms with E-state index in [1.165, 1.54) is 36.3 Å². The van der Waals surface area contributed by atoms with Gasteiger partial charge in [0, 0.05) is 17.5 Å². The van der Waals surface area contributed by atoms with Crippen LogP contribution in [0.25, 0.3) is 0 Å². The average Bonchev–Trinajstić information content (AvgIpc) is 2.46. The number of aromatic nitrogens is 2. The van der Waals surface area contributed by atoms with Crippen LogP contribution in [0.15, 0.2) is 41.8 Å². The number of carbonyl (C=O) groups is 1. The summed E-state index contributed by atoms with van der Waals surface area (Å²) in [6, 6.07) is 5.85. The summed E-state index contributed by atoms with van der Waals surface area (Å²) in [5.41, 5.74) is 2.76. The average molecular weight is 278 g/mol. The van der Waals surface area contributed by atoms with Crippen molar-refractivity contribution in [1.82, 2.24) is 15.4 Å². The highest BCUT2D eigenvalue weighted by Gasteiger charge is 2.09. The Morgan fingerprint density at radius 2 is 2.26 bits per heavy atom. The molecule has 19 heavy (non-hydrogen) atoms. The van der Waals surface area contributed by atoms with E-state index in [-0.39, 0.29) is 5.82 Å². The highest BCUT2D eigenvalue weighted by molar-refractivity contribution is 7.98. The largest absolute Gasteiger partial charge is 0.290 e. The first-order chi connectivity index (χ1) is 9.20. The van der Waals surface area contributed by atoms with Crippen LogP contribution in [0.3, 0.4) is 0 Å². The Morgan fingerprint density at radius 3 is 2.95 bits per heavy atom. The fraction of sp³-hybridized carbons (Fsp3) is 0.0833. The van der Waals surface area contributed by atoms with Crippen LogP contribution < -0.4 is 11.3 Å². The van der Waals surface area contributed by atoms with Crippen LogP contribution in [0.2, 0.25) is 0 Å². The molecule has 7 heteroatoms. The Balaban J connectivity index is 2.13.